The lowest BCUT2D eigenvalue weighted by atomic mass is 9.49. The SMILES string of the molecule is C1CC2(CCN1)CC2c1nc(C23CC4CC(CC(C4)C2)C3)no1.Cl. The minimum atomic E-state index is 0. The molecule has 1 aromatic rings. The fraction of sp³-hybridized carbons (Fsp3) is 0.895. The van der Waals surface area contributed by atoms with Crippen LogP contribution in [0.15, 0.2) is 4.52 Å². The standard InChI is InChI=1S/C19H27N3O.ClH/c1-3-20-4-2-18(1)11-15(18)16-21-17(22-23-16)19-8-12-5-13(9-19)7-14(6-12)10-19;/h12-15,20H,1-11H2;1H. The van der Waals surface area contributed by atoms with E-state index in [-0.39, 0.29) is 17.8 Å². The summed E-state index contributed by atoms with van der Waals surface area (Å²) in [5.41, 5.74) is 0.781. The molecule has 1 N–H and O–H groups in total. The monoisotopic (exact) mass is 349 g/mol. The minimum absolute atomic E-state index is 0. The number of halogens is 1. The van der Waals surface area contributed by atoms with E-state index in [1.54, 1.807) is 0 Å². The first-order valence-electron chi connectivity index (χ1n) is 9.80. The van der Waals surface area contributed by atoms with Crippen LogP contribution in [0.4, 0.5) is 0 Å². The van der Waals surface area contributed by atoms with Gasteiger partial charge in [-0.3, -0.25) is 0 Å². The summed E-state index contributed by atoms with van der Waals surface area (Å²) in [6, 6.07) is 0. The number of aromatic nitrogens is 2. The third-order valence-corrected chi connectivity index (χ3v) is 8.04. The van der Waals surface area contributed by atoms with Crippen molar-refractivity contribution < 1.29 is 4.52 Å². The second-order valence-corrected chi connectivity index (χ2v) is 9.52. The lowest BCUT2D eigenvalue weighted by Crippen LogP contribution is -2.49. The molecule has 0 radical (unpaired) electrons. The summed E-state index contributed by atoms with van der Waals surface area (Å²) in [4.78, 5) is 5.01. The van der Waals surface area contributed by atoms with Gasteiger partial charge in [-0.1, -0.05) is 5.16 Å². The van der Waals surface area contributed by atoms with Crippen molar-refractivity contribution in [2.75, 3.05) is 13.1 Å². The topological polar surface area (TPSA) is 51.0 Å². The van der Waals surface area contributed by atoms with Crippen molar-refractivity contribution in [1.29, 1.82) is 0 Å². The van der Waals surface area contributed by atoms with Crippen molar-refractivity contribution in [3.05, 3.63) is 11.7 Å². The van der Waals surface area contributed by atoms with Gasteiger partial charge in [0.25, 0.3) is 0 Å². The lowest BCUT2D eigenvalue weighted by Gasteiger charge is -2.55. The zero-order chi connectivity index (χ0) is 15.1. The summed E-state index contributed by atoms with van der Waals surface area (Å²) in [6.45, 7) is 2.32. The van der Waals surface area contributed by atoms with Crippen LogP contribution in [-0.4, -0.2) is 23.2 Å². The number of nitrogens with zero attached hydrogens (tertiary/aromatic N) is 2. The van der Waals surface area contributed by atoms with E-state index in [1.165, 1.54) is 57.8 Å². The van der Waals surface area contributed by atoms with Gasteiger partial charge >= 0.3 is 0 Å². The smallest absolute Gasteiger partial charge is 0.230 e. The molecule has 1 aliphatic heterocycles. The highest BCUT2D eigenvalue weighted by atomic mass is 35.5. The molecule has 1 atom stereocenters. The van der Waals surface area contributed by atoms with Crippen molar-refractivity contribution in [3.8, 4) is 0 Å². The Morgan fingerprint density at radius 2 is 1.54 bits per heavy atom. The molecular weight excluding hydrogens is 322 g/mol. The van der Waals surface area contributed by atoms with Gasteiger partial charge in [0.05, 0.1) is 0 Å². The normalized spacial score (nSPS) is 44.5. The van der Waals surface area contributed by atoms with Crippen LogP contribution in [0.3, 0.4) is 0 Å². The van der Waals surface area contributed by atoms with Gasteiger partial charge in [0.15, 0.2) is 5.82 Å². The van der Waals surface area contributed by atoms with E-state index in [9.17, 15) is 0 Å². The molecule has 132 valence electrons. The third kappa shape index (κ3) is 2.14. The summed E-state index contributed by atoms with van der Waals surface area (Å²) in [6.07, 6.45) is 12.3. The molecule has 6 aliphatic rings. The molecule has 5 saturated carbocycles. The van der Waals surface area contributed by atoms with Gasteiger partial charge in [-0.25, -0.2) is 0 Å². The maximum Gasteiger partial charge on any atom is 0.230 e. The van der Waals surface area contributed by atoms with Crippen LogP contribution in [-0.2, 0) is 5.41 Å². The van der Waals surface area contributed by atoms with Crippen LogP contribution in [0, 0.1) is 23.2 Å². The molecule has 1 saturated heterocycles. The maximum absolute atomic E-state index is 5.82. The molecule has 24 heavy (non-hydrogen) atoms. The van der Waals surface area contributed by atoms with Crippen LogP contribution in [0.2, 0.25) is 0 Å². The van der Waals surface area contributed by atoms with E-state index in [4.69, 9.17) is 9.51 Å². The molecule has 4 nitrogen and oxygen atoms in total. The van der Waals surface area contributed by atoms with Gasteiger partial charge in [-0.15, -0.1) is 12.4 Å². The Kier molecular flexibility index (Phi) is 3.39. The van der Waals surface area contributed by atoms with Gasteiger partial charge in [0.2, 0.25) is 5.89 Å². The van der Waals surface area contributed by atoms with E-state index in [0.29, 0.717) is 11.3 Å². The van der Waals surface area contributed by atoms with Crippen LogP contribution in [0.1, 0.15) is 75.4 Å². The number of rotatable bonds is 2. The first kappa shape index (κ1) is 15.6. The number of piperidine rings is 1. The molecular formula is C19H28ClN3O. The Labute approximate surface area is 149 Å². The second kappa shape index (κ2) is 5.20. The molecule has 4 bridgehead atoms. The van der Waals surface area contributed by atoms with Crippen LogP contribution >= 0.6 is 12.4 Å². The van der Waals surface area contributed by atoms with Crippen molar-refractivity contribution >= 4 is 12.4 Å². The summed E-state index contributed by atoms with van der Waals surface area (Å²) in [5, 5.41) is 8.02. The van der Waals surface area contributed by atoms with E-state index < -0.39 is 0 Å². The number of nitrogens with one attached hydrogen (secondary N) is 1. The largest absolute Gasteiger partial charge is 0.339 e. The molecule has 0 aromatic carbocycles. The van der Waals surface area contributed by atoms with Crippen molar-refractivity contribution in [3.63, 3.8) is 0 Å². The fourth-order valence-corrected chi connectivity index (χ4v) is 7.15. The minimum Gasteiger partial charge on any atom is -0.339 e. The van der Waals surface area contributed by atoms with E-state index >= 15 is 0 Å². The number of hydrogen-bond acceptors (Lipinski definition) is 4. The maximum atomic E-state index is 5.82. The first-order valence-corrected chi connectivity index (χ1v) is 9.80. The first-order chi connectivity index (χ1) is 11.2. The summed E-state index contributed by atoms with van der Waals surface area (Å²) >= 11 is 0. The third-order valence-electron chi connectivity index (χ3n) is 8.04. The van der Waals surface area contributed by atoms with E-state index in [2.05, 4.69) is 10.5 Å². The highest BCUT2D eigenvalue weighted by Gasteiger charge is 2.59. The van der Waals surface area contributed by atoms with Crippen molar-refractivity contribution in [2.24, 2.45) is 23.2 Å². The molecule has 6 fully saturated rings. The molecule has 1 aromatic heterocycles. The predicted octanol–water partition coefficient (Wildman–Crippen LogP) is 3.82. The Morgan fingerprint density at radius 3 is 2.17 bits per heavy atom. The average Bonchev–Trinajstić information content (AvgIpc) is 3.00. The quantitative estimate of drug-likeness (QED) is 0.881. The van der Waals surface area contributed by atoms with Gasteiger partial charge < -0.3 is 9.84 Å². The molecule has 0 amide bonds. The molecule has 5 aliphatic carbocycles. The zero-order valence-electron chi connectivity index (χ0n) is 14.3. The fourth-order valence-electron chi connectivity index (χ4n) is 7.15. The lowest BCUT2D eigenvalue weighted by molar-refractivity contribution is -0.0103. The number of hydrogen-bond donors (Lipinski definition) is 1. The van der Waals surface area contributed by atoms with E-state index in [1.807, 2.05) is 0 Å². The molecule has 2 heterocycles. The van der Waals surface area contributed by atoms with Crippen molar-refractivity contribution in [1.82, 2.24) is 15.5 Å². The van der Waals surface area contributed by atoms with Crippen LogP contribution in [0.25, 0.3) is 0 Å². The predicted molar refractivity (Wildman–Crippen MR) is 93.3 cm³/mol. The molecule has 7 rings (SSSR count). The van der Waals surface area contributed by atoms with Gasteiger partial charge in [-0.2, -0.15) is 4.98 Å². The summed E-state index contributed by atoms with van der Waals surface area (Å²) in [5.74, 6) is 5.44. The average molecular weight is 350 g/mol. The Bertz CT molecular complexity index is 601. The van der Waals surface area contributed by atoms with Crippen LogP contribution < -0.4 is 5.32 Å². The molecule has 1 unspecified atom stereocenters. The molecule has 1 spiro atoms. The Balaban J connectivity index is 0.00000131. The Hall–Kier alpha value is -0.610. The van der Waals surface area contributed by atoms with Gasteiger partial charge in [0, 0.05) is 11.3 Å². The Morgan fingerprint density at radius 1 is 0.917 bits per heavy atom. The molecule has 5 heteroatoms. The second-order valence-electron chi connectivity index (χ2n) is 9.52. The summed E-state index contributed by atoms with van der Waals surface area (Å²) in [7, 11) is 0. The van der Waals surface area contributed by atoms with Crippen LogP contribution in [0.5, 0.6) is 0 Å². The van der Waals surface area contributed by atoms with Gasteiger partial charge in [0.1, 0.15) is 0 Å². The van der Waals surface area contributed by atoms with E-state index in [0.717, 1.165) is 42.6 Å². The highest BCUT2D eigenvalue weighted by Crippen LogP contribution is 2.65. The zero-order valence-corrected chi connectivity index (χ0v) is 15.1. The van der Waals surface area contributed by atoms with Gasteiger partial charge in [-0.05, 0) is 94.0 Å². The van der Waals surface area contributed by atoms with Crippen molar-refractivity contribution in [2.45, 2.75) is 69.1 Å². The summed E-state index contributed by atoms with van der Waals surface area (Å²) < 4.78 is 5.82. The highest BCUT2D eigenvalue weighted by molar-refractivity contribution is 5.85.